The fourth-order valence-electron chi connectivity index (χ4n) is 3.74. The van der Waals surface area contributed by atoms with E-state index in [9.17, 15) is 4.79 Å². The molecule has 6 nitrogen and oxygen atoms in total. The molecular weight excluding hydrogens is 366 g/mol. The number of hydrogen-bond donors (Lipinski definition) is 2. The predicted molar refractivity (Wildman–Crippen MR) is 114 cm³/mol. The van der Waals surface area contributed by atoms with Gasteiger partial charge < -0.3 is 20.1 Å². The minimum Gasteiger partial charge on any atom is -0.493 e. The molecule has 1 aromatic heterocycles. The largest absolute Gasteiger partial charge is 0.493 e. The Balaban J connectivity index is 1.75. The lowest BCUT2D eigenvalue weighted by molar-refractivity contribution is 0.0932. The third kappa shape index (κ3) is 4.03. The Morgan fingerprint density at radius 1 is 1.10 bits per heavy atom. The molecule has 2 N–H and O–H groups in total. The molecule has 4 rings (SSSR count). The highest BCUT2D eigenvalue weighted by Crippen LogP contribution is 2.33. The van der Waals surface area contributed by atoms with Gasteiger partial charge in [0.1, 0.15) is 0 Å². The quantitative estimate of drug-likeness (QED) is 0.697. The molecule has 6 heteroatoms. The van der Waals surface area contributed by atoms with Crippen molar-refractivity contribution in [2.75, 3.05) is 27.3 Å². The van der Waals surface area contributed by atoms with E-state index in [1.54, 1.807) is 14.2 Å². The van der Waals surface area contributed by atoms with Gasteiger partial charge in [-0.3, -0.25) is 4.79 Å². The smallest absolute Gasteiger partial charge is 0.252 e. The number of nitrogens with one attached hydrogen (secondary N) is 2. The van der Waals surface area contributed by atoms with Crippen LogP contribution in [-0.2, 0) is 0 Å². The highest BCUT2D eigenvalue weighted by atomic mass is 16.5. The Bertz CT molecular complexity index is 1030. The second-order valence-electron chi connectivity index (χ2n) is 7.16. The van der Waals surface area contributed by atoms with Crippen molar-refractivity contribution in [2.24, 2.45) is 0 Å². The highest BCUT2D eigenvalue weighted by molar-refractivity contribution is 6.07. The van der Waals surface area contributed by atoms with Crippen LogP contribution >= 0.6 is 0 Å². The Labute approximate surface area is 170 Å². The minimum absolute atomic E-state index is 0.0703. The van der Waals surface area contributed by atoms with Gasteiger partial charge in [-0.05, 0) is 49.7 Å². The molecule has 2 aromatic carbocycles. The van der Waals surface area contributed by atoms with Gasteiger partial charge in [0.15, 0.2) is 11.5 Å². The van der Waals surface area contributed by atoms with Crippen LogP contribution in [0.25, 0.3) is 22.2 Å². The molecule has 0 saturated carbocycles. The first-order chi connectivity index (χ1) is 14.2. The minimum atomic E-state index is -0.0703. The first-order valence-electron chi connectivity index (χ1n) is 9.83. The van der Waals surface area contributed by atoms with Crippen LogP contribution in [0.5, 0.6) is 11.5 Å². The first kappa shape index (κ1) is 19.2. The lowest BCUT2D eigenvalue weighted by atomic mass is 10.0. The maximum atomic E-state index is 13.1. The number of piperidine rings is 1. The van der Waals surface area contributed by atoms with E-state index in [0.717, 1.165) is 48.1 Å². The van der Waals surface area contributed by atoms with Crippen LogP contribution < -0.4 is 20.1 Å². The summed E-state index contributed by atoms with van der Waals surface area (Å²) in [5.41, 5.74) is 3.00. The van der Waals surface area contributed by atoms with Crippen molar-refractivity contribution < 1.29 is 14.3 Å². The van der Waals surface area contributed by atoms with Crippen LogP contribution in [0, 0.1) is 0 Å². The van der Waals surface area contributed by atoms with E-state index in [-0.39, 0.29) is 11.9 Å². The summed E-state index contributed by atoms with van der Waals surface area (Å²) >= 11 is 0. The van der Waals surface area contributed by atoms with Crippen LogP contribution in [0.2, 0.25) is 0 Å². The van der Waals surface area contributed by atoms with E-state index in [2.05, 4.69) is 10.6 Å². The molecule has 2 heterocycles. The molecule has 1 aliphatic heterocycles. The Kier molecular flexibility index (Phi) is 5.62. The third-order valence-electron chi connectivity index (χ3n) is 5.27. The van der Waals surface area contributed by atoms with Gasteiger partial charge in [-0.25, -0.2) is 4.98 Å². The molecule has 1 unspecified atom stereocenters. The number of rotatable bonds is 5. The fourth-order valence-corrected chi connectivity index (χ4v) is 3.74. The van der Waals surface area contributed by atoms with Gasteiger partial charge in [-0.1, -0.05) is 18.2 Å². The highest BCUT2D eigenvalue weighted by Gasteiger charge is 2.19. The van der Waals surface area contributed by atoms with Crippen molar-refractivity contribution >= 4 is 16.8 Å². The Hall–Kier alpha value is -3.12. The van der Waals surface area contributed by atoms with Gasteiger partial charge in [0.2, 0.25) is 0 Å². The molecule has 0 spiro atoms. The van der Waals surface area contributed by atoms with E-state index < -0.39 is 0 Å². The van der Waals surface area contributed by atoms with Gasteiger partial charge in [-0.15, -0.1) is 0 Å². The first-order valence-corrected chi connectivity index (χ1v) is 9.83. The van der Waals surface area contributed by atoms with Crippen molar-refractivity contribution in [3.63, 3.8) is 0 Å². The van der Waals surface area contributed by atoms with Crippen molar-refractivity contribution in [1.82, 2.24) is 15.6 Å². The topological polar surface area (TPSA) is 72.5 Å². The third-order valence-corrected chi connectivity index (χ3v) is 5.27. The van der Waals surface area contributed by atoms with Gasteiger partial charge in [-0.2, -0.15) is 0 Å². The molecule has 1 saturated heterocycles. The van der Waals surface area contributed by atoms with Crippen molar-refractivity contribution in [1.29, 1.82) is 0 Å². The molecule has 1 atom stereocenters. The maximum absolute atomic E-state index is 13.1. The predicted octanol–water partition coefficient (Wildman–Crippen LogP) is 3.40. The zero-order valence-corrected chi connectivity index (χ0v) is 16.7. The number of nitrogens with zero attached hydrogens (tertiary/aromatic N) is 1. The summed E-state index contributed by atoms with van der Waals surface area (Å²) in [6.45, 7) is 1.81. The number of ether oxygens (including phenoxy) is 2. The summed E-state index contributed by atoms with van der Waals surface area (Å²) in [6.07, 6.45) is 2.06. The molecule has 0 aliphatic carbocycles. The number of para-hydroxylation sites is 1. The Morgan fingerprint density at radius 2 is 1.93 bits per heavy atom. The Morgan fingerprint density at radius 3 is 2.69 bits per heavy atom. The molecule has 3 aromatic rings. The van der Waals surface area contributed by atoms with Gasteiger partial charge in [0.25, 0.3) is 5.91 Å². The van der Waals surface area contributed by atoms with E-state index >= 15 is 0 Å². The van der Waals surface area contributed by atoms with Crippen LogP contribution in [0.4, 0.5) is 0 Å². The van der Waals surface area contributed by atoms with Gasteiger partial charge in [0, 0.05) is 23.5 Å². The van der Waals surface area contributed by atoms with E-state index in [0.29, 0.717) is 17.1 Å². The molecule has 1 aliphatic rings. The number of carbonyl (C=O) groups excluding carboxylic acids is 1. The number of methoxy groups -OCH3 is 2. The van der Waals surface area contributed by atoms with Gasteiger partial charge in [0.05, 0.1) is 31.0 Å². The van der Waals surface area contributed by atoms with Gasteiger partial charge >= 0.3 is 0 Å². The zero-order chi connectivity index (χ0) is 20.2. The molecule has 1 fully saturated rings. The van der Waals surface area contributed by atoms with Crippen LogP contribution in [0.15, 0.2) is 48.5 Å². The van der Waals surface area contributed by atoms with Crippen molar-refractivity contribution in [3.8, 4) is 22.8 Å². The maximum Gasteiger partial charge on any atom is 0.252 e. The van der Waals surface area contributed by atoms with E-state index in [4.69, 9.17) is 14.5 Å². The molecule has 1 amide bonds. The van der Waals surface area contributed by atoms with E-state index in [1.807, 2.05) is 48.5 Å². The van der Waals surface area contributed by atoms with Crippen molar-refractivity contribution in [2.45, 2.75) is 18.9 Å². The number of carbonyl (C=O) groups is 1. The molecule has 0 bridgehead atoms. The van der Waals surface area contributed by atoms with Crippen LogP contribution in [-0.4, -0.2) is 44.2 Å². The normalized spacial score (nSPS) is 16.4. The number of hydrogen-bond acceptors (Lipinski definition) is 5. The summed E-state index contributed by atoms with van der Waals surface area (Å²) in [4.78, 5) is 17.9. The second kappa shape index (κ2) is 8.49. The summed E-state index contributed by atoms with van der Waals surface area (Å²) in [5, 5.41) is 7.35. The fraction of sp³-hybridized carbons (Fsp3) is 0.304. The SMILES string of the molecule is COc1ccc(-c2cc(C(=O)NC3CCCNC3)c3ccccc3n2)cc1OC. The lowest BCUT2D eigenvalue weighted by Gasteiger charge is -2.24. The summed E-state index contributed by atoms with van der Waals surface area (Å²) in [6, 6.07) is 15.4. The molecule has 29 heavy (non-hydrogen) atoms. The number of pyridine rings is 1. The number of amides is 1. The molecule has 150 valence electrons. The lowest BCUT2D eigenvalue weighted by Crippen LogP contribution is -2.45. The average molecular weight is 391 g/mol. The zero-order valence-electron chi connectivity index (χ0n) is 16.7. The summed E-state index contributed by atoms with van der Waals surface area (Å²) in [5.74, 6) is 1.21. The van der Waals surface area contributed by atoms with E-state index in [1.165, 1.54) is 0 Å². The number of benzene rings is 2. The van der Waals surface area contributed by atoms with Crippen molar-refractivity contribution in [3.05, 3.63) is 54.1 Å². The number of aromatic nitrogens is 1. The van der Waals surface area contributed by atoms with Crippen LogP contribution in [0.3, 0.4) is 0 Å². The standard InChI is InChI=1S/C23H25N3O3/c1-28-21-10-9-15(12-22(21)29-2)20-13-18(17-7-3-4-8-19(17)26-20)23(27)25-16-6-5-11-24-14-16/h3-4,7-10,12-13,16,24H,5-6,11,14H2,1-2H3,(H,25,27). The molecule has 0 radical (unpaired) electrons. The second-order valence-corrected chi connectivity index (χ2v) is 7.16. The summed E-state index contributed by atoms with van der Waals surface area (Å²) in [7, 11) is 3.21. The molecular formula is C23H25N3O3. The number of fused-ring (bicyclic) bond motifs is 1. The average Bonchev–Trinajstić information content (AvgIpc) is 2.78. The van der Waals surface area contributed by atoms with Crippen LogP contribution in [0.1, 0.15) is 23.2 Å². The summed E-state index contributed by atoms with van der Waals surface area (Å²) < 4.78 is 10.8. The monoisotopic (exact) mass is 391 g/mol.